The van der Waals surface area contributed by atoms with Gasteiger partial charge < -0.3 is 14.4 Å². The van der Waals surface area contributed by atoms with Gasteiger partial charge in [-0.1, -0.05) is 30.4 Å². The molecule has 3 nitrogen and oxygen atoms in total. The molecule has 21 heavy (non-hydrogen) atoms. The zero-order valence-electron chi connectivity index (χ0n) is 12.0. The lowest BCUT2D eigenvalue weighted by atomic mass is 10.1. The van der Waals surface area contributed by atoms with E-state index in [0.717, 1.165) is 22.9 Å². The first-order valence-corrected chi connectivity index (χ1v) is 7.24. The van der Waals surface area contributed by atoms with Gasteiger partial charge in [-0.25, -0.2) is 0 Å². The maximum absolute atomic E-state index is 6.07. The summed E-state index contributed by atoms with van der Waals surface area (Å²) in [5.41, 5.74) is 3.39. The second-order valence-electron chi connectivity index (χ2n) is 5.44. The average molecular weight is 279 g/mol. The van der Waals surface area contributed by atoms with Crippen molar-refractivity contribution in [3.8, 4) is 11.5 Å². The largest absolute Gasteiger partial charge is 0.453 e. The van der Waals surface area contributed by atoms with E-state index in [2.05, 4.69) is 48.2 Å². The number of para-hydroxylation sites is 2. The third-order valence-electron chi connectivity index (χ3n) is 3.91. The molecule has 106 valence electrons. The van der Waals surface area contributed by atoms with Crippen LogP contribution in [0, 0.1) is 6.92 Å². The van der Waals surface area contributed by atoms with Crippen molar-refractivity contribution in [2.75, 3.05) is 18.1 Å². The summed E-state index contributed by atoms with van der Waals surface area (Å²) in [5.74, 6) is 1.81. The predicted octanol–water partition coefficient (Wildman–Crippen LogP) is 4.19. The van der Waals surface area contributed by atoms with Gasteiger partial charge in [-0.15, -0.1) is 0 Å². The standard InChI is InChI=1S/C18H17NO2/c1-13-8-9-16-18(11-13)21-17-7-3-2-6-15(17)19(16)14-5-4-10-20-12-14/h2-9,11,14H,10,12H2,1H3/t14-/m1/s1. The van der Waals surface area contributed by atoms with Gasteiger partial charge in [0.15, 0.2) is 11.5 Å². The van der Waals surface area contributed by atoms with E-state index in [1.807, 2.05) is 18.2 Å². The van der Waals surface area contributed by atoms with Crippen molar-refractivity contribution in [2.45, 2.75) is 13.0 Å². The summed E-state index contributed by atoms with van der Waals surface area (Å²) in [4.78, 5) is 2.31. The number of aryl methyl sites for hydroxylation is 1. The minimum Gasteiger partial charge on any atom is -0.453 e. The molecule has 0 fully saturated rings. The molecule has 0 amide bonds. The SMILES string of the molecule is Cc1ccc2c(c1)Oc1ccccc1N2[C@@H]1C=CCOC1. The van der Waals surface area contributed by atoms with Gasteiger partial charge in [0.05, 0.1) is 30.6 Å². The van der Waals surface area contributed by atoms with Crippen LogP contribution in [0.4, 0.5) is 11.4 Å². The van der Waals surface area contributed by atoms with Crippen molar-refractivity contribution < 1.29 is 9.47 Å². The van der Waals surface area contributed by atoms with Crippen LogP contribution < -0.4 is 9.64 Å². The lowest BCUT2D eigenvalue weighted by Crippen LogP contribution is -2.37. The van der Waals surface area contributed by atoms with Crippen molar-refractivity contribution in [2.24, 2.45) is 0 Å². The summed E-state index contributed by atoms with van der Waals surface area (Å²) < 4.78 is 11.7. The molecule has 0 bridgehead atoms. The van der Waals surface area contributed by atoms with Gasteiger partial charge in [-0.05, 0) is 36.8 Å². The predicted molar refractivity (Wildman–Crippen MR) is 83.6 cm³/mol. The number of fused-ring (bicyclic) bond motifs is 2. The molecule has 0 saturated heterocycles. The minimum atomic E-state index is 0.199. The molecular formula is C18H17NO2. The lowest BCUT2D eigenvalue weighted by Gasteiger charge is -2.38. The van der Waals surface area contributed by atoms with Crippen LogP contribution in [0.2, 0.25) is 0 Å². The van der Waals surface area contributed by atoms with Crippen molar-refractivity contribution >= 4 is 11.4 Å². The number of hydrogen-bond donors (Lipinski definition) is 0. The molecule has 2 aromatic rings. The highest BCUT2D eigenvalue weighted by molar-refractivity contribution is 5.79. The van der Waals surface area contributed by atoms with Gasteiger partial charge in [-0.3, -0.25) is 0 Å². The van der Waals surface area contributed by atoms with Crippen LogP contribution in [0.5, 0.6) is 11.5 Å². The van der Waals surface area contributed by atoms with E-state index in [0.29, 0.717) is 13.2 Å². The van der Waals surface area contributed by atoms with Crippen LogP contribution in [0.1, 0.15) is 5.56 Å². The fourth-order valence-corrected chi connectivity index (χ4v) is 2.94. The van der Waals surface area contributed by atoms with Gasteiger partial charge in [0, 0.05) is 0 Å². The van der Waals surface area contributed by atoms with Gasteiger partial charge in [0.1, 0.15) is 0 Å². The van der Waals surface area contributed by atoms with Crippen molar-refractivity contribution in [3.05, 3.63) is 60.2 Å². The molecule has 2 aliphatic rings. The van der Waals surface area contributed by atoms with E-state index in [4.69, 9.17) is 9.47 Å². The molecule has 0 radical (unpaired) electrons. The Hall–Kier alpha value is -2.26. The highest BCUT2D eigenvalue weighted by Crippen LogP contribution is 2.48. The maximum atomic E-state index is 6.07. The van der Waals surface area contributed by atoms with E-state index in [9.17, 15) is 0 Å². The third kappa shape index (κ3) is 2.10. The molecule has 0 aliphatic carbocycles. The molecule has 0 saturated carbocycles. The highest BCUT2D eigenvalue weighted by atomic mass is 16.5. The first-order valence-electron chi connectivity index (χ1n) is 7.24. The molecular weight excluding hydrogens is 262 g/mol. The summed E-state index contributed by atoms with van der Waals surface area (Å²) in [6.07, 6.45) is 4.30. The average Bonchev–Trinajstić information content (AvgIpc) is 2.53. The molecule has 2 heterocycles. The molecule has 0 spiro atoms. The van der Waals surface area contributed by atoms with E-state index in [-0.39, 0.29) is 6.04 Å². The normalized spacial score (nSPS) is 19.7. The molecule has 0 unspecified atom stereocenters. The van der Waals surface area contributed by atoms with Crippen LogP contribution >= 0.6 is 0 Å². The van der Waals surface area contributed by atoms with Crippen molar-refractivity contribution in [1.29, 1.82) is 0 Å². The Morgan fingerprint density at radius 2 is 1.90 bits per heavy atom. The van der Waals surface area contributed by atoms with E-state index >= 15 is 0 Å². The highest BCUT2D eigenvalue weighted by Gasteiger charge is 2.29. The lowest BCUT2D eigenvalue weighted by molar-refractivity contribution is 0.146. The van der Waals surface area contributed by atoms with Gasteiger partial charge in [0.25, 0.3) is 0 Å². The Bertz CT molecular complexity index is 708. The quantitative estimate of drug-likeness (QED) is 0.730. The molecule has 0 aromatic heterocycles. The Labute approximate surface area is 124 Å². The first kappa shape index (κ1) is 12.5. The van der Waals surface area contributed by atoms with E-state index in [1.54, 1.807) is 0 Å². The Balaban J connectivity index is 1.88. The summed E-state index contributed by atoms with van der Waals surface area (Å²) >= 11 is 0. The number of benzene rings is 2. The topological polar surface area (TPSA) is 21.7 Å². The molecule has 2 aliphatic heterocycles. The summed E-state index contributed by atoms with van der Waals surface area (Å²) in [6, 6.07) is 14.7. The zero-order chi connectivity index (χ0) is 14.2. The van der Waals surface area contributed by atoms with Crippen LogP contribution in [-0.4, -0.2) is 19.3 Å². The number of hydrogen-bond acceptors (Lipinski definition) is 3. The zero-order valence-corrected chi connectivity index (χ0v) is 12.0. The van der Waals surface area contributed by atoms with E-state index in [1.165, 1.54) is 5.56 Å². The minimum absolute atomic E-state index is 0.199. The first-order chi connectivity index (χ1) is 10.3. The van der Waals surface area contributed by atoms with Crippen molar-refractivity contribution in [3.63, 3.8) is 0 Å². The van der Waals surface area contributed by atoms with Crippen molar-refractivity contribution in [1.82, 2.24) is 0 Å². The third-order valence-corrected chi connectivity index (χ3v) is 3.91. The van der Waals surface area contributed by atoms with Crippen LogP contribution in [-0.2, 0) is 4.74 Å². The summed E-state index contributed by atoms with van der Waals surface area (Å²) in [6.45, 7) is 3.47. The monoisotopic (exact) mass is 279 g/mol. The Morgan fingerprint density at radius 1 is 1.05 bits per heavy atom. The Morgan fingerprint density at radius 3 is 2.76 bits per heavy atom. The molecule has 0 N–H and O–H groups in total. The van der Waals surface area contributed by atoms with Gasteiger partial charge in [0.2, 0.25) is 0 Å². The molecule has 3 heteroatoms. The number of anilines is 2. The van der Waals surface area contributed by atoms with Crippen LogP contribution in [0.15, 0.2) is 54.6 Å². The second kappa shape index (κ2) is 4.93. The van der Waals surface area contributed by atoms with Crippen LogP contribution in [0.3, 0.4) is 0 Å². The molecule has 1 atom stereocenters. The summed E-state index contributed by atoms with van der Waals surface area (Å²) in [5, 5.41) is 0. The van der Waals surface area contributed by atoms with E-state index < -0.39 is 0 Å². The maximum Gasteiger partial charge on any atom is 0.151 e. The number of nitrogens with zero attached hydrogens (tertiary/aromatic N) is 1. The van der Waals surface area contributed by atoms with Crippen LogP contribution in [0.25, 0.3) is 0 Å². The van der Waals surface area contributed by atoms with Gasteiger partial charge >= 0.3 is 0 Å². The summed E-state index contributed by atoms with van der Waals surface area (Å²) in [7, 11) is 0. The number of rotatable bonds is 1. The fourth-order valence-electron chi connectivity index (χ4n) is 2.94. The fraction of sp³-hybridized carbons (Fsp3) is 0.222. The second-order valence-corrected chi connectivity index (χ2v) is 5.44. The molecule has 4 rings (SSSR count). The van der Waals surface area contributed by atoms with Gasteiger partial charge in [-0.2, -0.15) is 0 Å². The number of ether oxygens (including phenoxy) is 2. The molecule has 2 aromatic carbocycles. The smallest absolute Gasteiger partial charge is 0.151 e. The Kier molecular flexibility index (Phi) is 2.93.